The third kappa shape index (κ3) is 4.29. The van der Waals surface area contributed by atoms with Crippen LogP contribution in [0.2, 0.25) is 0 Å². The van der Waals surface area contributed by atoms with Gasteiger partial charge in [0.05, 0.1) is 11.3 Å². The average molecular weight is 335 g/mol. The van der Waals surface area contributed by atoms with Crippen LogP contribution >= 0.6 is 0 Å². The molecule has 5 heteroatoms. The van der Waals surface area contributed by atoms with Gasteiger partial charge in [-0.1, -0.05) is 30.3 Å². The lowest BCUT2D eigenvalue weighted by molar-refractivity contribution is 0.306. The molecule has 0 atom stereocenters. The Kier molecular flexibility index (Phi) is 4.85. The molecule has 0 aliphatic rings. The summed E-state index contributed by atoms with van der Waals surface area (Å²) in [6.45, 7) is 0.485. The minimum Gasteiger partial charge on any atom is -0.508 e. The number of ether oxygens (including phenoxy) is 1. The first-order valence-electron chi connectivity index (χ1n) is 7.67. The Morgan fingerprint density at radius 2 is 1.48 bits per heavy atom. The number of phenols is 3. The SMILES string of the molecule is Oc1cc(O)c(C=Nc2ccc(OCc3ccccc3)cc2)c(O)c1. The lowest BCUT2D eigenvalue weighted by atomic mass is 10.2. The maximum Gasteiger partial charge on any atom is 0.131 e. The van der Waals surface area contributed by atoms with E-state index < -0.39 is 0 Å². The summed E-state index contributed by atoms with van der Waals surface area (Å²) in [6, 6.07) is 19.3. The van der Waals surface area contributed by atoms with E-state index in [1.165, 1.54) is 6.21 Å². The summed E-state index contributed by atoms with van der Waals surface area (Å²) < 4.78 is 5.70. The summed E-state index contributed by atoms with van der Waals surface area (Å²) in [5.41, 5.74) is 1.86. The summed E-state index contributed by atoms with van der Waals surface area (Å²) >= 11 is 0. The Morgan fingerprint density at radius 1 is 0.840 bits per heavy atom. The first-order chi connectivity index (χ1) is 12.1. The highest BCUT2D eigenvalue weighted by molar-refractivity contribution is 5.89. The van der Waals surface area contributed by atoms with Gasteiger partial charge in [-0.3, -0.25) is 4.99 Å². The van der Waals surface area contributed by atoms with Gasteiger partial charge in [0.2, 0.25) is 0 Å². The van der Waals surface area contributed by atoms with Gasteiger partial charge in [0, 0.05) is 18.3 Å². The highest BCUT2D eigenvalue weighted by Crippen LogP contribution is 2.31. The maximum atomic E-state index is 9.74. The molecular formula is C20H17NO4. The molecule has 126 valence electrons. The number of phenolic OH excluding ortho intramolecular Hbond substituents is 3. The second-order valence-electron chi connectivity index (χ2n) is 5.42. The minimum absolute atomic E-state index is 0.141. The fourth-order valence-corrected chi connectivity index (χ4v) is 2.25. The largest absolute Gasteiger partial charge is 0.508 e. The zero-order valence-corrected chi connectivity index (χ0v) is 13.3. The summed E-state index contributed by atoms with van der Waals surface area (Å²) in [5.74, 6) is 0.0123. The third-order valence-electron chi connectivity index (χ3n) is 3.55. The van der Waals surface area contributed by atoms with Gasteiger partial charge < -0.3 is 20.1 Å². The van der Waals surface area contributed by atoms with E-state index in [1.807, 2.05) is 30.3 Å². The lowest BCUT2D eigenvalue weighted by Crippen LogP contribution is -1.94. The van der Waals surface area contributed by atoms with Gasteiger partial charge in [-0.15, -0.1) is 0 Å². The maximum absolute atomic E-state index is 9.74. The molecule has 0 spiro atoms. The number of hydrogen-bond acceptors (Lipinski definition) is 5. The first-order valence-corrected chi connectivity index (χ1v) is 7.67. The number of benzene rings is 3. The third-order valence-corrected chi connectivity index (χ3v) is 3.55. The van der Waals surface area contributed by atoms with Crippen molar-refractivity contribution in [3.63, 3.8) is 0 Å². The van der Waals surface area contributed by atoms with Crippen molar-refractivity contribution in [3.8, 4) is 23.0 Å². The van der Waals surface area contributed by atoms with Crippen molar-refractivity contribution in [1.29, 1.82) is 0 Å². The van der Waals surface area contributed by atoms with E-state index in [2.05, 4.69) is 4.99 Å². The number of aliphatic imine (C=N–C) groups is 1. The second-order valence-corrected chi connectivity index (χ2v) is 5.42. The van der Waals surface area contributed by atoms with Crippen LogP contribution in [0, 0.1) is 0 Å². The van der Waals surface area contributed by atoms with Gasteiger partial charge in [-0.2, -0.15) is 0 Å². The molecule has 0 fully saturated rings. The van der Waals surface area contributed by atoms with Crippen molar-refractivity contribution in [2.24, 2.45) is 4.99 Å². The molecule has 25 heavy (non-hydrogen) atoms. The molecule has 3 N–H and O–H groups in total. The van der Waals surface area contributed by atoms with Crippen molar-refractivity contribution < 1.29 is 20.1 Å². The summed E-state index contributed by atoms with van der Waals surface area (Å²) in [6.07, 6.45) is 1.34. The zero-order chi connectivity index (χ0) is 17.6. The smallest absolute Gasteiger partial charge is 0.131 e. The molecular weight excluding hydrogens is 318 g/mol. The molecule has 0 bridgehead atoms. The van der Waals surface area contributed by atoms with E-state index >= 15 is 0 Å². The van der Waals surface area contributed by atoms with Crippen molar-refractivity contribution in [2.75, 3.05) is 0 Å². The van der Waals surface area contributed by atoms with E-state index in [0.29, 0.717) is 12.3 Å². The molecule has 0 saturated heterocycles. The van der Waals surface area contributed by atoms with Crippen LogP contribution in [0.25, 0.3) is 0 Å². The predicted octanol–water partition coefficient (Wildman–Crippen LogP) is 4.13. The van der Waals surface area contributed by atoms with Gasteiger partial charge in [0.25, 0.3) is 0 Å². The van der Waals surface area contributed by atoms with Gasteiger partial charge in [-0.25, -0.2) is 0 Å². The molecule has 3 rings (SSSR count). The topological polar surface area (TPSA) is 82.3 Å². The van der Waals surface area contributed by atoms with E-state index in [4.69, 9.17) is 4.74 Å². The molecule has 5 nitrogen and oxygen atoms in total. The summed E-state index contributed by atoms with van der Waals surface area (Å²) in [4.78, 5) is 4.21. The van der Waals surface area contributed by atoms with Gasteiger partial charge in [0.1, 0.15) is 29.6 Å². The number of nitrogens with zero attached hydrogens (tertiary/aromatic N) is 1. The summed E-state index contributed by atoms with van der Waals surface area (Å²) in [5, 5.41) is 28.8. The van der Waals surface area contributed by atoms with Crippen molar-refractivity contribution in [3.05, 3.63) is 77.9 Å². The Morgan fingerprint density at radius 3 is 2.12 bits per heavy atom. The quantitative estimate of drug-likeness (QED) is 0.612. The van der Waals surface area contributed by atoms with Crippen LogP contribution < -0.4 is 4.74 Å². The van der Waals surface area contributed by atoms with Crippen LogP contribution in [-0.4, -0.2) is 21.5 Å². The van der Waals surface area contributed by atoms with Gasteiger partial charge >= 0.3 is 0 Å². The summed E-state index contributed by atoms with van der Waals surface area (Å²) in [7, 11) is 0. The molecule has 0 aliphatic carbocycles. The van der Waals surface area contributed by atoms with E-state index in [1.54, 1.807) is 24.3 Å². The Bertz CT molecular complexity index is 851. The van der Waals surface area contributed by atoms with Crippen LogP contribution in [0.3, 0.4) is 0 Å². The highest BCUT2D eigenvalue weighted by Gasteiger charge is 2.07. The van der Waals surface area contributed by atoms with Crippen molar-refractivity contribution in [2.45, 2.75) is 6.61 Å². The number of aromatic hydroxyl groups is 3. The standard InChI is InChI=1S/C20H17NO4/c22-16-10-19(23)18(20(24)11-16)12-21-15-6-8-17(9-7-15)25-13-14-4-2-1-3-5-14/h1-12,22-24H,13H2. The van der Waals surface area contributed by atoms with Crippen LogP contribution in [0.15, 0.2) is 71.7 Å². The molecule has 0 aliphatic heterocycles. The normalized spacial score (nSPS) is 10.9. The van der Waals surface area contributed by atoms with E-state index in [-0.39, 0.29) is 22.8 Å². The van der Waals surface area contributed by atoms with Gasteiger partial charge in [-0.05, 0) is 29.8 Å². The van der Waals surface area contributed by atoms with E-state index in [9.17, 15) is 15.3 Å². The zero-order valence-electron chi connectivity index (χ0n) is 13.3. The van der Waals surface area contributed by atoms with Crippen molar-refractivity contribution in [1.82, 2.24) is 0 Å². The van der Waals surface area contributed by atoms with E-state index in [0.717, 1.165) is 23.4 Å². The number of hydrogen-bond donors (Lipinski definition) is 3. The molecule has 3 aromatic carbocycles. The molecule has 0 radical (unpaired) electrons. The van der Waals surface area contributed by atoms with Crippen LogP contribution in [0.5, 0.6) is 23.0 Å². The molecule has 0 saturated carbocycles. The molecule has 0 heterocycles. The predicted molar refractivity (Wildman–Crippen MR) is 95.9 cm³/mol. The highest BCUT2D eigenvalue weighted by atomic mass is 16.5. The lowest BCUT2D eigenvalue weighted by Gasteiger charge is -2.06. The Hall–Kier alpha value is -3.47. The number of rotatable bonds is 5. The fraction of sp³-hybridized carbons (Fsp3) is 0.0500. The minimum atomic E-state index is -0.246. The van der Waals surface area contributed by atoms with Crippen LogP contribution in [0.1, 0.15) is 11.1 Å². The molecule has 0 amide bonds. The Balaban J connectivity index is 1.66. The molecule has 0 aromatic heterocycles. The average Bonchev–Trinajstić information content (AvgIpc) is 2.61. The second kappa shape index (κ2) is 7.40. The van der Waals surface area contributed by atoms with Gasteiger partial charge in [0.15, 0.2) is 0 Å². The van der Waals surface area contributed by atoms with Crippen molar-refractivity contribution >= 4 is 11.9 Å². The monoisotopic (exact) mass is 335 g/mol. The first kappa shape index (κ1) is 16.4. The van der Waals surface area contributed by atoms with Crippen LogP contribution in [-0.2, 0) is 6.61 Å². The van der Waals surface area contributed by atoms with Crippen LogP contribution in [0.4, 0.5) is 5.69 Å². The molecule has 3 aromatic rings. The fourth-order valence-electron chi connectivity index (χ4n) is 2.25. The molecule has 0 unspecified atom stereocenters. The Labute approximate surface area is 145 Å².